The molecule has 33 heavy (non-hydrogen) atoms. The quantitative estimate of drug-likeness (QED) is 0.322. The van der Waals surface area contributed by atoms with Crippen molar-refractivity contribution in [2.45, 2.75) is 26.6 Å². The summed E-state index contributed by atoms with van der Waals surface area (Å²) in [5.74, 6) is 0.786. The van der Waals surface area contributed by atoms with Gasteiger partial charge < -0.3 is 20.6 Å². The van der Waals surface area contributed by atoms with Crippen LogP contribution >= 0.6 is 11.3 Å². The minimum absolute atomic E-state index is 0.786. The van der Waals surface area contributed by atoms with Crippen LogP contribution in [0.2, 0.25) is 0 Å². The van der Waals surface area contributed by atoms with Gasteiger partial charge in [0.25, 0.3) is 0 Å². The summed E-state index contributed by atoms with van der Waals surface area (Å²) in [6.07, 6.45) is 2.53. The zero-order chi connectivity index (χ0) is 23.2. The van der Waals surface area contributed by atoms with E-state index >= 15 is 0 Å². The Hall–Kier alpha value is -2.78. The van der Waals surface area contributed by atoms with Gasteiger partial charge in [-0.2, -0.15) is 0 Å². The number of nitrogens with one attached hydrogen (secondary N) is 2. The van der Waals surface area contributed by atoms with Gasteiger partial charge in [-0.25, -0.2) is 9.97 Å². The monoisotopic (exact) mass is 464 g/mol. The van der Waals surface area contributed by atoms with Gasteiger partial charge in [-0.3, -0.25) is 4.90 Å². The number of piperazine rings is 1. The lowest BCUT2D eigenvalue weighted by Crippen LogP contribution is -2.45. The Kier molecular flexibility index (Phi) is 7.72. The number of hydrogen-bond acceptors (Lipinski definition) is 8. The van der Waals surface area contributed by atoms with E-state index < -0.39 is 6.23 Å². The average Bonchev–Trinajstić information content (AvgIpc) is 3.23. The van der Waals surface area contributed by atoms with Gasteiger partial charge in [0, 0.05) is 55.0 Å². The number of nitrogens with zero attached hydrogens (tertiary/aromatic N) is 4. The van der Waals surface area contributed by atoms with Crippen LogP contribution in [0.3, 0.4) is 0 Å². The van der Waals surface area contributed by atoms with Crippen LogP contribution in [0.1, 0.15) is 17.4 Å². The normalized spacial score (nSPS) is 15.8. The number of aromatic nitrogens is 2. The second kappa shape index (κ2) is 10.9. The van der Waals surface area contributed by atoms with Crippen molar-refractivity contribution < 1.29 is 5.11 Å². The first kappa shape index (κ1) is 23.4. The van der Waals surface area contributed by atoms with Crippen molar-refractivity contribution in [2.75, 3.05) is 43.4 Å². The van der Waals surface area contributed by atoms with Crippen molar-refractivity contribution in [1.29, 1.82) is 0 Å². The molecule has 1 saturated heterocycles. The molecule has 3 aromatic rings. The van der Waals surface area contributed by atoms with Crippen LogP contribution in [0.4, 0.5) is 16.6 Å². The van der Waals surface area contributed by atoms with E-state index in [9.17, 15) is 5.11 Å². The number of anilines is 3. The summed E-state index contributed by atoms with van der Waals surface area (Å²) in [5, 5.41) is 17.1. The zero-order valence-corrected chi connectivity index (χ0v) is 20.1. The summed E-state index contributed by atoms with van der Waals surface area (Å²) in [7, 11) is 0. The van der Waals surface area contributed by atoms with Gasteiger partial charge in [0.2, 0.25) is 0 Å². The molecule has 3 heterocycles. The topological polar surface area (TPSA) is 76.6 Å². The van der Waals surface area contributed by atoms with E-state index in [0.29, 0.717) is 0 Å². The molecule has 0 bridgehead atoms. The van der Waals surface area contributed by atoms with Gasteiger partial charge in [-0.15, -0.1) is 11.3 Å². The third-order valence-corrected chi connectivity index (χ3v) is 6.58. The molecule has 8 heteroatoms. The number of benzene rings is 1. The lowest BCUT2D eigenvalue weighted by atomic mass is 10.1. The highest BCUT2D eigenvalue weighted by Crippen LogP contribution is 2.27. The van der Waals surface area contributed by atoms with Crippen molar-refractivity contribution in [3.8, 4) is 11.3 Å². The summed E-state index contributed by atoms with van der Waals surface area (Å²) >= 11 is 1.61. The van der Waals surface area contributed by atoms with Crippen LogP contribution in [0.15, 0.2) is 55.3 Å². The Morgan fingerprint density at radius 1 is 1.18 bits per heavy atom. The number of pyridine rings is 1. The van der Waals surface area contributed by atoms with Gasteiger partial charge in [0.1, 0.15) is 12.0 Å². The summed E-state index contributed by atoms with van der Waals surface area (Å²) < 4.78 is 0. The smallest absolute Gasteiger partial charge is 0.188 e. The standard InChI is InChI=1S/C25H32N6OS/c1-4-24(32)27-21-8-6-7-20(15-21)22-13-19(17-31-11-9-30(5-2)10-12-31)14-23(28-22)29-25-26-16-18(3)33-25/h4,6-8,13-16,24,27,32H,1,5,9-12,17H2,2-3H3,(H,26,28,29). The second-order valence-corrected chi connectivity index (χ2v) is 9.50. The highest BCUT2D eigenvalue weighted by Gasteiger charge is 2.17. The Morgan fingerprint density at radius 3 is 2.67 bits per heavy atom. The second-order valence-electron chi connectivity index (χ2n) is 8.26. The molecule has 0 saturated carbocycles. The minimum Gasteiger partial charge on any atom is -0.370 e. The Balaban J connectivity index is 1.61. The fourth-order valence-corrected chi connectivity index (χ4v) is 4.60. The molecule has 0 spiro atoms. The zero-order valence-electron chi connectivity index (χ0n) is 19.3. The molecular formula is C25H32N6OS. The number of aryl methyl sites for hydroxylation is 1. The molecule has 0 amide bonds. The molecule has 0 radical (unpaired) electrons. The molecule has 1 aliphatic rings. The molecule has 4 rings (SSSR count). The maximum Gasteiger partial charge on any atom is 0.188 e. The highest BCUT2D eigenvalue weighted by molar-refractivity contribution is 7.15. The van der Waals surface area contributed by atoms with Gasteiger partial charge in [0.05, 0.1) is 5.69 Å². The molecule has 1 unspecified atom stereocenters. The number of thiazole rings is 1. The van der Waals surface area contributed by atoms with Gasteiger partial charge >= 0.3 is 0 Å². The predicted molar refractivity (Wildman–Crippen MR) is 137 cm³/mol. The number of rotatable bonds is 9. The van der Waals surface area contributed by atoms with E-state index in [1.54, 1.807) is 11.3 Å². The summed E-state index contributed by atoms with van der Waals surface area (Å²) in [6, 6.07) is 12.2. The van der Waals surface area contributed by atoms with E-state index in [1.807, 2.05) is 37.4 Å². The SMILES string of the molecule is C=CC(O)Nc1cccc(-c2cc(CN3CCN(CC)CC3)cc(Nc3ncc(C)s3)n2)c1. The first-order chi connectivity index (χ1) is 16.0. The predicted octanol–water partition coefficient (Wildman–Crippen LogP) is 4.31. The molecular weight excluding hydrogens is 432 g/mol. The molecule has 7 nitrogen and oxygen atoms in total. The van der Waals surface area contributed by atoms with Crippen molar-refractivity contribution in [1.82, 2.24) is 19.8 Å². The van der Waals surface area contributed by atoms with Crippen molar-refractivity contribution in [3.63, 3.8) is 0 Å². The lowest BCUT2D eigenvalue weighted by Gasteiger charge is -2.34. The molecule has 0 aliphatic carbocycles. The first-order valence-electron chi connectivity index (χ1n) is 11.3. The fraction of sp³-hybridized carbons (Fsp3) is 0.360. The van der Waals surface area contributed by atoms with Crippen LogP contribution in [0, 0.1) is 6.92 Å². The maximum atomic E-state index is 9.88. The van der Waals surface area contributed by atoms with Crippen molar-refractivity contribution in [2.24, 2.45) is 0 Å². The Labute approximate surface area is 199 Å². The van der Waals surface area contributed by atoms with Crippen LogP contribution in [0.25, 0.3) is 11.3 Å². The maximum absolute atomic E-state index is 9.88. The highest BCUT2D eigenvalue weighted by atomic mass is 32.1. The molecule has 1 aromatic carbocycles. The molecule has 1 fully saturated rings. The molecule has 174 valence electrons. The first-order valence-corrected chi connectivity index (χ1v) is 12.2. The van der Waals surface area contributed by atoms with Crippen molar-refractivity contribution in [3.05, 3.63) is 65.7 Å². The fourth-order valence-electron chi connectivity index (χ4n) is 3.93. The van der Waals surface area contributed by atoms with E-state index in [1.165, 1.54) is 11.6 Å². The molecule has 2 aromatic heterocycles. The van der Waals surface area contributed by atoms with E-state index in [0.717, 1.165) is 72.0 Å². The lowest BCUT2D eigenvalue weighted by molar-refractivity contribution is 0.132. The number of likely N-dealkylation sites (N-methyl/N-ethyl adjacent to an activating group) is 1. The van der Waals surface area contributed by atoms with Gasteiger partial charge in [-0.05, 0) is 49.4 Å². The Morgan fingerprint density at radius 2 is 1.97 bits per heavy atom. The molecule has 3 N–H and O–H groups in total. The molecule has 1 aliphatic heterocycles. The Bertz CT molecular complexity index is 1080. The summed E-state index contributed by atoms with van der Waals surface area (Å²) in [6.45, 7) is 14.2. The average molecular weight is 465 g/mol. The van der Waals surface area contributed by atoms with E-state index in [4.69, 9.17) is 4.98 Å². The number of hydrogen-bond donors (Lipinski definition) is 3. The summed E-state index contributed by atoms with van der Waals surface area (Å²) in [4.78, 5) is 15.5. The molecule has 1 atom stereocenters. The van der Waals surface area contributed by atoms with Crippen LogP contribution in [0.5, 0.6) is 0 Å². The largest absolute Gasteiger partial charge is 0.370 e. The third kappa shape index (κ3) is 6.39. The van der Waals surface area contributed by atoms with Gasteiger partial charge in [0.15, 0.2) is 5.13 Å². The number of aliphatic hydroxyl groups is 1. The van der Waals surface area contributed by atoms with E-state index in [-0.39, 0.29) is 0 Å². The van der Waals surface area contributed by atoms with Crippen LogP contribution in [-0.4, -0.2) is 63.8 Å². The minimum atomic E-state index is -0.799. The third-order valence-electron chi connectivity index (χ3n) is 5.76. The van der Waals surface area contributed by atoms with Crippen LogP contribution < -0.4 is 10.6 Å². The van der Waals surface area contributed by atoms with Gasteiger partial charge in [-0.1, -0.05) is 25.6 Å². The van der Waals surface area contributed by atoms with Crippen LogP contribution in [-0.2, 0) is 6.54 Å². The number of aliphatic hydroxyl groups excluding tert-OH is 1. The summed E-state index contributed by atoms with van der Waals surface area (Å²) in [5.41, 5.74) is 3.89. The van der Waals surface area contributed by atoms with E-state index in [2.05, 4.69) is 51.1 Å². The van der Waals surface area contributed by atoms with Crippen molar-refractivity contribution >= 4 is 28.0 Å².